The van der Waals surface area contributed by atoms with Gasteiger partial charge >= 0.3 is 5.69 Å². The van der Waals surface area contributed by atoms with E-state index in [9.17, 15) is 14.4 Å². The molecule has 0 saturated heterocycles. The molecule has 2 aromatic heterocycles. The topological polar surface area (TPSA) is 127 Å². The molecule has 138 valence electrons. The lowest BCUT2D eigenvalue weighted by molar-refractivity contribution is 0.0983. The number of benzene rings is 1. The summed E-state index contributed by atoms with van der Waals surface area (Å²) < 4.78 is 1.22. The molecule has 3 rings (SSSR count). The number of hydrogen-bond acceptors (Lipinski definition) is 6. The van der Waals surface area contributed by atoms with Crippen molar-refractivity contribution in [2.75, 3.05) is 17.2 Å². The number of amides is 1. The lowest BCUT2D eigenvalue weighted by atomic mass is 10.2. The van der Waals surface area contributed by atoms with Gasteiger partial charge < -0.3 is 5.73 Å². The molecule has 0 atom stereocenters. The predicted octanol–water partition coefficient (Wildman–Crippen LogP) is 0.624. The summed E-state index contributed by atoms with van der Waals surface area (Å²) in [4.78, 5) is 48.7. The van der Waals surface area contributed by atoms with Crippen molar-refractivity contribution >= 4 is 17.4 Å². The van der Waals surface area contributed by atoms with Crippen molar-refractivity contribution < 1.29 is 4.79 Å². The van der Waals surface area contributed by atoms with E-state index in [0.717, 1.165) is 5.56 Å². The molecule has 0 radical (unpaired) electrons. The quantitative estimate of drug-likeness (QED) is 0.682. The fraction of sp³-hybridized carbons (Fsp3) is 0.167. The van der Waals surface area contributed by atoms with Crippen molar-refractivity contribution in [3.8, 4) is 0 Å². The van der Waals surface area contributed by atoms with Gasteiger partial charge in [0, 0.05) is 18.9 Å². The number of hydrogen-bond donors (Lipinski definition) is 2. The van der Waals surface area contributed by atoms with Crippen molar-refractivity contribution in [2.45, 2.75) is 13.5 Å². The Morgan fingerprint density at radius 2 is 1.96 bits per heavy atom. The summed E-state index contributed by atoms with van der Waals surface area (Å²) in [5.74, 6) is -0.626. The van der Waals surface area contributed by atoms with Crippen LogP contribution in [0.4, 0.5) is 11.5 Å². The number of nitrogens with zero attached hydrogens (tertiary/aromatic N) is 4. The maximum atomic E-state index is 12.8. The highest BCUT2D eigenvalue weighted by atomic mass is 16.2. The fourth-order valence-electron chi connectivity index (χ4n) is 2.71. The summed E-state index contributed by atoms with van der Waals surface area (Å²) >= 11 is 0. The third-order valence-corrected chi connectivity index (χ3v) is 4.01. The van der Waals surface area contributed by atoms with Crippen LogP contribution in [-0.4, -0.2) is 32.0 Å². The van der Waals surface area contributed by atoms with Gasteiger partial charge in [0.1, 0.15) is 11.5 Å². The summed E-state index contributed by atoms with van der Waals surface area (Å²) in [7, 11) is 0. The van der Waals surface area contributed by atoms with E-state index < -0.39 is 17.2 Å². The Morgan fingerprint density at radius 3 is 2.59 bits per heavy atom. The molecule has 0 unspecified atom stereocenters. The smallest absolute Gasteiger partial charge is 0.330 e. The second kappa shape index (κ2) is 7.65. The van der Waals surface area contributed by atoms with E-state index in [2.05, 4.69) is 15.0 Å². The molecule has 9 heteroatoms. The lowest BCUT2D eigenvalue weighted by Gasteiger charge is -2.22. The zero-order chi connectivity index (χ0) is 19.4. The van der Waals surface area contributed by atoms with Gasteiger partial charge in [-0.05, 0) is 12.5 Å². The number of carbonyl (C=O) groups is 1. The maximum Gasteiger partial charge on any atom is 0.330 e. The summed E-state index contributed by atoms with van der Waals surface area (Å²) in [5.41, 5.74) is 5.56. The molecular formula is C18H18N6O3. The molecule has 27 heavy (non-hydrogen) atoms. The average molecular weight is 366 g/mol. The zero-order valence-electron chi connectivity index (χ0n) is 14.6. The molecule has 2 heterocycles. The average Bonchev–Trinajstić information content (AvgIpc) is 2.69. The monoisotopic (exact) mass is 366 g/mol. The first-order valence-corrected chi connectivity index (χ1v) is 8.27. The number of nitrogens with two attached hydrogens (primary N) is 1. The number of carbonyl (C=O) groups excluding carboxylic acids is 1. The Labute approximate surface area is 154 Å². The number of rotatable bonds is 5. The van der Waals surface area contributed by atoms with Crippen molar-refractivity contribution in [2.24, 2.45) is 0 Å². The van der Waals surface area contributed by atoms with Gasteiger partial charge in [-0.25, -0.2) is 9.78 Å². The molecule has 9 nitrogen and oxygen atoms in total. The van der Waals surface area contributed by atoms with Gasteiger partial charge in [0.15, 0.2) is 5.69 Å². The Balaban J connectivity index is 2.09. The van der Waals surface area contributed by atoms with E-state index in [4.69, 9.17) is 5.73 Å². The molecule has 0 aliphatic carbocycles. The third-order valence-electron chi connectivity index (χ3n) is 4.01. The SMILES string of the molecule is CCN(C(=O)c1cnccn1)c1c(N)n(Cc2ccccc2)c(=O)[nH]c1=O. The number of anilines is 2. The zero-order valence-corrected chi connectivity index (χ0v) is 14.6. The standard InChI is InChI=1S/C18H18N6O3/c1-2-23(17(26)13-10-20-8-9-21-13)14-15(19)24(18(27)22-16(14)25)11-12-6-4-3-5-7-12/h3-10H,2,11,19H2,1H3,(H,22,25,27). The lowest BCUT2D eigenvalue weighted by Crippen LogP contribution is -2.41. The number of H-pyrrole nitrogens is 1. The number of nitrogens with one attached hydrogen (secondary N) is 1. The molecule has 0 bridgehead atoms. The van der Waals surface area contributed by atoms with Crippen LogP contribution in [0.25, 0.3) is 0 Å². The fourth-order valence-corrected chi connectivity index (χ4v) is 2.71. The van der Waals surface area contributed by atoms with Crippen LogP contribution < -0.4 is 21.9 Å². The first kappa shape index (κ1) is 18.1. The van der Waals surface area contributed by atoms with Crippen LogP contribution >= 0.6 is 0 Å². The molecule has 1 amide bonds. The molecular weight excluding hydrogens is 348 g/mol. The molecule has 0 spiro atoms. The molecule has 3 aromatic rings. The van der Waals surface area contributed by atoms with Crippen molar-refractivity contribution in [1.82, 2.24) is 19.5 Å². The molecule has 1 aromatic carbocycles. The summed E-state index contributed by atoms with van der Waals surface area (Å²) in [6, 6.07) is 9.18. The van der Waals surface area contributed by atoms with Gasteiger partial charge in [-0.3, -0.25) is 29.0 Å². The number of nitrogen functional groups attached to an aromatic ring is 1. The largest absolute Gasteiger partial charge is 0.383 e. The summed E-state index contributed by atoms with van der Waals surface area (Å²) in [6.07, 6.45) is 4.12. The molecule has 3 N–H and O–H groups in total. The van der Waals surface area contributed by atoms with Crippen LogP contribution in [0, 0.1) is 0 Å². The summed E-state index contributed by atoms with van der Waals surface area (Å²) in [6.45, 7) is 2.01. The van der Waals surface area contributed by atoms with E-state index >= 15 is 0 Å². The minimum absolute atomic E-state index is 0.0685. The molecule has 0 aliphatic rings. The van der Waals surface area contributed by atoms with Crippen LogP contribution in [0.3, 0.4) is 0 Å². The van der Waals surface area contributed by atoms with Gasteiger partial charge in [-0.15, -0.1) is 0 Å². The van der Waals surface area contributed by atoms with Crippen LogP contribution in [0.5, 0.6) is 0 Å². The van der Waals surface area contributed by atoms with Gasteiger partial charge in [0.25, 0.3) is 11.5 Å². The molecule has 0 saturated carbocycles. The van der Waals surface area contributed by atoms with E-state index in [1.165, 1.54) is 28.1 Å². The first-order chi connectivity index (χ1) is 13.0. The Kier molecular flexibility index (Phi) is 5.11. The first-order valence-electron chi connectivity index (χ1n) is 8.27. The van der Waals surface area contributed by atoms with Crippen molar-refractivity contribution in [3.63, 3.8) is 0 Å². The van der Waals surface area contributed by atoms with Crippen LogP contribution in [-0.2, 0) is 6.54 Å². The second-order valence-corrected chi connectivity index (χ2v) is 5.70. The van der Waals surface area contributed by atoms with Crippen LogP contribution in [0.2, 0.25) is 0 Å². The number of aromatic nitrogens is 4. The van der Waals surface area contributed by atoms with E-state index in [1.807, 2.05) is 30.3 Å². The summed E-state index contributed by atoms with van der Waals surface area (Å²) in [5, 5.41) is 0. The highest BCUT2D eigenvalue weighted by molar-refractivity contribution is 6.05. The van der Waals surface area contributed by atoms with Crippen molar-refractivity contribution in [3.05, 3.63) is 81.0 Å². The highest BCUT2D eigenvalue weighted by Crippen LogP contribution is 2.19. The Morgan fingerprint density at radius 1 is 1.22 bits per heavy atom. The van der Waals surface area contributed by atoms with E-state index in [0.29, 0.717) is 0 Å². The van der Waals surface area contributed by atoms with E-state index in [1.54, 1.807) is 6.92 Å². The minimum Gasteiger partial charge on any atom is -0.383 e. The normalized spacial score (nSPS) is 10.6. The highest BCUT2D eigenvalue weighted by Gasteiger charge is 2.24. The molecule has 0 fully saturated rings. The van der Waals surface area contributed by atoms with E-state index in [-0.39, 0.29) is 30.3 Å². The molecule has 0 aliphatic heterocycles. The minimum atomic E-state index is -0.735. The van der Waals surface area contributed by atoms with Crippen molar-refractivity contribution in [1.29, 1.82) is 0 Å². The number of aromatic amines is 1. The maximum absolute atomic E-state index is 12.8. The van der Waals surface area contributed by atoms with Gasteiger partial charge in [0.2, 0.25) is 0 Å². The Bertz CT molecular complexity index is 1060. The third kappa shape index (κ3) is 3.61. The predicted molar refractivity (Wildman–Crippen MR) is 101 cm³/mol. The van der Waals surface area contributed by atoms with Crippen LogP contribution in [0.1, 0.15) is 23.0 Å². The van der Waals surface area contributed by atoms with Gasteiger partial charge in [-0.2, -0.15) is 0 Å². The van der Waals surface area contributed by atoms with Gasteiger partial charge in [-0.1, -0.05) is 30.3 Å². The van der Waals surface area contributed by atoms with Gasteiger partial charge in [0.05, 0.1) is 12.7 Å². The van der Waals surface area contributed by atoms with Crippen LogP contribution in [0.15, 0.2) is 58.5 Å². The Hall–Kier alpha value is -3.75. The second-order valence-electron chi connectivity index (χ2n) is 5.70.